The van der Waals surface area contributed by atoms with Crippen molar-refractivity contribution < 1.29 is 14.6 Å². The highest BCUT2D eigenvalue weighted by atomic mass is 16.5. The van der Waals surface area contributed by atoms with Gasteiger partial charge in [-0.1, -0.05) is 74.5 Å². The van der Waals surface area contributed by atoms with Crippen LogP contribution in [-0.2, 0) is 18.0 Å². The number of rotatable bonds is 10. The molecule has 5 rings (SSSR count). The predicted molar refractivity (Wildman–Crippen MR) is 145 cm³/mol. The van der Waals surface area contributed by atoms with Crippen molar-refractivity contribution in [3.63, 3.8) is 0 Å². The van der Waals surface area contributed by atoms with Crippen molar-refractivity contribution in [2.24, 2.45) is 0 Å². The summed E-state index contributed by atoms with van der Waals surface area (Å²) in [6.45, 7) is 5.34. The van der Waals surface area contributed by atoms with E-state index in [9.17, 15) is 9.90 Å². The number of carbonyl (C=O) groups excluding carboxylic acids is 1. The van der Waals surface area contributed by atoms with Crippen molar-refractivity contribution in [2.45, 2.75) is 89.3 Å². The molecular weight excluding hydrogens is 478 g/mol. The zero-order valence-electron chi connectivity index (χ0n) is 22.4. The summed E-state index contributed by atoms with van der Waals surface area (Å²) in [7, 11) is 0. The van der Waals surface area contributed by atoms with Gasteiger partial charge in [-0.15, -0.1) is 10.2 Å². The number of hydrogen-bond acceptors (Lipinski definition) is 6. The van der Waals surface area contributed by atoms with E-state index in [1.807, 2.05) is 48.5 Å². The van der Waals surface area contributed by atoms with Gasteiger partial charge < -0.3 is 19.7 Å². The molecule has 1 unspecified atom stereocenters. The average Bonchev–Trinajstić information content (AvgIpc) is 3.48. The van der Waals surface area contributed by atoms with Crippen LogP contribution in [0.4, 0.5) is 4.79 Å². The molecule has 0 saturated carbocycles. The first kappa shape index (κ1) is 26.4. The van der Waals surface area contributed by atoms with Crippen molar-refractivity contribution in [2.75, 3.05) is 6.54 Å². The van der Waals surface area contributed by atoms with Gasteiger partial charge in [0.15, 0.2) is 5.82 Å². The Bertz CT molecular complexity index is 1170. The minimum absolute atomic E-state index is 0.0833. The number of piperidine rings is 1. The molecule has 2 N–H and O–H groups in total. The quantitative estimate of drug-likeness (QED) is 0.388. The zero-order valence-corrected chi connectivity index (χ0v) is 22.4. The maximum Gasteiger partial charge on any atom is 0.407 e. The van der Waals surface area contributed by atoms with E-state index in [1.165, 1.54) is 12.8 Å². The molecule has 2 fully saturated rings. The highest BCUT2D eigenvalue weighted by Gasteiger charge is 2.42. The van der Waals surface area contributed by atoms with Crippen molar-refractivity contribution in [1.82, 2.24) is 25.0 Å². The Morgan fingerprint density at radius 1 is 1.00 bits per heavy atom. The molecule has 2 saturated heterocycles. The summed E-state index contributed by atoms with van der Waals surface area (Å²) in [4.78, 5) is 15.4. The number of hydrogen-bond donors (Lipinski definition) is 2. The molecular formula is C30H39N5O3. The second-order valence-electron chi connectivity index (χ2n) is 10.9. The Kier molecular flexibility index (Phi) is 8.39. The lowest BCUT2D eigenvalue weighted by Gasteiger charge is -2.40. The van der Waals surface area contributed by atoms with Crippen LogP contribution in [-0.4, -0.2) is 49.5 Å². The van der Waals surface area contributed by atoms with E-state index in [0.717, 1.165) is 42.8 Å². The number of aliphatic hydroxyl groups is 1. The number of amides is 1. The van der Waals surface area contributed by atoms with Gasteiger partial charge in [-0.2, -0.15) is 0 Å². The fourth-order valence-corrected chi connectivity index (χ4v) is 6.25. The van der Waals surface area contributed by atoms with Gasteiger partial charge >= 0.3 is 6.09 Å². The molecule has 2 aliphatic heterocycles. The van der Waals surface area contributed by atoms with Crippen LogP contribution in [0.3, 0.4) is 0 Å². The lowest BCUT2D eigenvalue weighted by atomic mass is 9.95. The molecule has 1 amide bonds. The first-order valence-electron chi connectivity index (χ1n) is 13.9. The summed E-state index contributed by atoms with van der Waals surface area (Å²) in [6.07, 6.45) is 4.84. The van der Waals surface area contributed by atoms with Gasteiger partial charge in [0.05, 0.1) is 6.04 Å². The SMILES string of the molecule is CC(C)c1nnc(CO)n1C1C[C@H]2CC[C@@H](C1)N2CC[C@H](NC(=O)OCc1ccccc1)c1ccccc1. The molecule has 3 heterocycles. The Labute approximate surface area is 225 Å². The maximum absolute atomic E-state index is 12.7. The fraction of sp³-hybridized carbons (Fsp3) is 0.500. The van der Waals surface area contributed by atoms with Gasteiger partial charge in [0.2, 0.25) is 0 Å². The third kappa shape index (κ3) is 5.92. The molecule has 2 aromatic carbocycles. The van der Waals surface area contributed by atoms with Crippen LogP contribution in [0, 0.1) is 0 Å². The molecule has 8 nitrogen and oxygen atoms in total. The van der Waals surface area contributed by atoms with Crippen LogP contribution < -0.4 is 5.32 Å². The predicted octanol–water partition coefficient (Wildman–Crippen LogP) is 5.12. The number of nitrogens with zero attached hydrogens (tertiary/aromatic N) is 4. The summed E-state index contributed by atoms with van der Waals surface area (Å²) in [5.41, 5.74) is 2.06. The van der Waals surface area contributed by atoms with E-state index in [2.05, 4.69) is 51.0 Å². The number of aliphatic hydroxyl groups excluding tert-OH is 1. The first-order chi connectivity index (χ1) is 18.5. The Balaban J connectivity index is 1.23. The minimum atomic E-state index is -0.394. The normalized spacial score (nSPS) is 21.9. The Morgan fingerprint density at radius 3 is 2.29 bits per heavy atom. The van der Waals surface area contributed by atoms with Gasteiger partial charge in [-0.25, -0.2) is 4.79 Å². The maximum atomic E-state index is 12.7. The van der Waals surface area contributed by atoms with Crippen molar-refractivity contribution in [3.05, 3.63) is 83.4 Å². The van der Waals surface area contributed by atoms with Crippen LogP contribution in [0.1, 0.15) is 86.7 Å². The second kappa shape index (κ2) is 12.1. The third-order valence-electron chi connectivity index (χ3n) is 8.06. The zero-order chi connectivity index (χ0) is 26.5. The van der Waals surface area contributed by atoms with Gasteiger partial charge in [0.25, 0.3) is 0 Å². The smallest absolute Gasteiger partial charge is 0.407 e. The number of benzene rings is 2. The van der Waals surface area contributed by atoms with Crippen LogP contribution in [0.15, 0.2) is 60.7 Å². The molecule has 0 spiro atoms. The lowest BCUT2D eigenvalue weighted by molar-refractivity contribution is 0.0956. The molecule has 1 aromatic heterocycles. The molecule has 0 aliphatic carbocycles. The van der Waals surface area contributed by atoms with Crippen LogP contribution >= 0.6 is 0 Å². The summed E-state index contributed by atoms with van der Waals surface area (Å²) >= 11 is 0. The molecule has 202 valence electrons. The minimum Gasteiger partial charge on any atom is -0.445 e. The Morgan fingerprint density at radius 2 is 1.66 bits per heavy atom. The van der Waals surface area contributed by atoms with E-state index >= 15 is 0 Å². The topological polar surface area (TPSA) is 92.5 Å². The van der Waals surface area contributed by atoms with E-state index in [4.69, 9.17) is 4.74 Å². The van der Waals surface area contributed by atoms with Gasteiger partial charge in [-0.05, 0) is 43.2 Å². The highest BCUT2D eigenvalue weighted by molar-refractivity contribution is 5.68. The van der Waals surface area contributed by atoms with Crippen molar-refractivity contribution >= 4 is 6.09 Å². The van der Waals surface area contributed by atoms with Gasteiger partial charge in [-0.3, -0.25) is 4.90 Å². The second-order valence-corrected chi connectivity index (χ2v) is 10.9. The van der Waals surface area contributed by atoms with Crippen LogP contribution in [0.2, 0.25) is 0 Å². The Hall–Kier alpha value is -3.23. The summed E-state index contributed by atoms with van der Waals surface area (Å²) in [5, 5.41) is 21.7. The highest BCUT2D eigenvalue weighted by Crippen LogP contribution is 2.42. The molecule has 2 bridgehead atoms. The molecule has 38 heavy (non-hydrogen) atoms. The molecule has 8 heteroatoms. The van der Waals surface area contributed by atoms with E-state index < -0.39 is 6.09 Å². The standard InChI is InChI=1S/C30H39N5O3/c1-21(2)29-33-32-28(19-36)35(29)26-17-24-13-14-25(18-26)34(24)16-15-27(23-11-7-4-8-12-23)31-30(37)38-20-22-9-5-3-6-10-22/h3-12,21,24-27,36H,13-20H2,1-2H3,(H,31,37)/t24-,25+,26?,27-/m0/s1. The van der Waals surface area contributed by atoms with E-state index in [0.29, 0.717) is 23.9 Å². The lowest BCUT2D eigenvalue weighted by Crippen LogP contribution is -2.45. The van der Waals surface area contributed by atoms with E-state index in [-0.39, 0.29) is 25.2 Å². The van der Waals surface area contributed by atoms with Crippen molar-refractivity contribution in [1.29, 1.82) is 0 Å². The fourth-order valence-electron chi connectivity index (χ4n) is 6.25. The third-order valence-corrected chi connectivity index (χ3v) is 8.06. The number of alkyl carbamates (subject to hydrolysis) is 1. The first-order valence-corrected chi connectivity index (χ1v) is 13.9. The number of carbonyl (C=O) groups is 1. The number of nitrogens with one attached hydrogen (secondary N) is 1. The van der Waals surface area contributed by atoms with Gasteiger partial charge in [0, 0.05) is 30.6 Å². The number of aromatic nitrogens is 3. The molecule has 3 aromatic rings. The molecule has 4 atom stereocenters. The monoisotopic (exact) mass is 517 g/mol. The van der Waals surface area contributed by atoms with E-state index in [1.54, 1.807) is 0 Å². The molecule has 0 radical (unpaired) electrons. The summed E-state index contributed by atoms with van der Waals surface area (Å²) < 4.78 is 7.75. The van der Waals surface area contributed by atoms with Gasteiger partial charge in [0.1, 0.15) is 19.0 Å². The number of ether oxygens (including phenoxy) is 1. The van der Waals surface area contributed by atoms with Crippen molar-refractivity contribution in [3.8, 4) is 0 Å². The van der Waals surface area contributed by atoms with Crippen LogP contribution in [0.25, 0.3) is 0 Å². The number of fused-ring (bicyclic) bond motifs is 2. The summed E-state index contributed by atoms with van der Waals surface area (Å²) in [6, 6.07) is 21.1. The van der Waals surface area contributed by atoms with Crippen LogP contribution in [0.5, 0.6) is 0 Å². The summed E-state index contributed by atoms with van der Waals surface area (Å²) in [5.74, 6) is 1.90. The largest absolute Gasteiger partial charge is 0.445 e. The molecule has 2 aliphatic rings. The average molecular weight is 518 g/mol.